The molecule has 292 valence electrons. The Morgan fingerprint density at radius 1 is 0.906 bits per heavy atom. The van der Waals surface area contributed by atoms with E-state index >= 15 is 17.6 Å². The summed E-state index contributed by atoms with van der Waals surface area (Å²) in [6.45, 7) is 2.95. The van der Waals surface area contributed by atoms with E-state index in [-0.39, 0.29) is 23.7 Å². The number of carbonyl (C=O) groups is 5. The van der Waals surface area contributed by atoms with Crippen LogP contribution in [-0.4, -0.2) is 115 Å². The predicted molar refractivity (Wildman–Crippen MR) is 187 cm³/mol. The number of nitrogens with zero attached hydrogens (tertiary/aromatic N) is 1. The van der Waals surface area contributed by atoms with Gasteiger partial charge in [0, 0.05) is 66.2 Å². The summed E-state index contributed by atoms with van der Waals surface area (Å²) in [5.74, 6) is -16.6. The molecule has 13 nitrogen and oxygen atoms in total. The number of carbonyl (C=O) groups excluding carboxylic acids is 5. The molecule has 4 N–H and O–H groups in total. The van der Waals surface area contributed by atoms with Crippen molar-refractivity contribution in [1.82, 2.24) is 26.2 Å². The summed E-state index contributed by atoms with van der Waals surface area (Å²) in [6, 6.07) is 4.38. The van der Waals surface area contributed by atoms with E-state index in [1.807, 2.05) is 15.5 Å². The Labute approximate surface area is 311 Å². The maximum absolute atomic E-state index is 15.3. The van der Waals surface area contributed by atoms with E-state index in [1.165, 1.54) is 57.4 Å². The molecule has 1 aliphatic heterocycles. The molecule has 0 aromatic heterocycles. The van der Waals surface area contributed by atoms with Gasteiger partial charge < -0.3 is 30.7 Å². The number of methoxy groups -OCH3 is 2. The second kappa shape index (κ2) is 19.3. The van der Waals surface area contributed by atoms with Gasteiger partial charge in [-0.25, -0.2) is 0 Å². The quantitative estimate of drug-likeness (QED) is 0.130. The van der Waals surface area contributed by atoms with Gasteiger partial charge in [-0.3, -0.25) is 33.1 Å². The van der Waals surface area contributed by atoms with E-state index < -0.39 is 88.3 Å². The van der Waals surface area contributed by atoms with Gasteiger partial charge in [-0.1, -0.05) is 49.7 Å². The standard InChI is InChI=1S/C34H42ClF4N5O8S/c1-20(2)26(28(45)34(38,39)31(48)40-12-13-44-14-16-53(50)17-15-44)42-30(47)27(21-8-10-24(52-4)11-9-21)43-29(46)25(19-51-3)41-32(49)33(36,37)22-6-5-7-23(35)18-22/h5-11,18,20,25-27H,12-17,19H2,1-4H3,(H,40,48)(H,41,49)(H,42,47)(H,43,46)/t25-,26-,27?/m0/s1. The van der Waals surface area contributed by atoms with Gasteiger partial charge in [-0.05, 0) is 35.7 Å². The molecule has 0 spiro atoms. The van der Waals surface area contributed by atoms with Gasteiger partial charge in [0.2, 0.25) is 17.6 Å². The highest BCUT2D eigenvalue weighted by Gasteiger charge is 2.51. The van der Waals surface area contributed by atoms with E-state index in [4.69, 9.17) is 21.1 Å². The smallest absolute Gasteiger partial charge is 0.383 e. The van der Waals surface area contributed by atoms with Crippen LogP contribution >= 0.6 is 11.6 Å². The number of hydrogen-bond donors (Lipinski definition) is 4. The maximum Gasteiger partial charge on any atom is 0.383 e. The lowest BCUT2D eigenvalue weighted by Gasteiger charge is -2.29. The van der Waals surface area contributed by atoms with Crippen molar-refractivity contribution in [2.45, 2.75) is 43.8 Å². The van der Waals surface area contributed by atoms with Gasteiger partial charge in [0.1, 0.15) is 17.8 Å². The molecular formula is C34H42ClF4N5O8S. The van der Waals surface area contributed by atoms with Crippen LogP contribution in [0.5, 0.6) is 5.75 Å². The van der Waals surface area contributed by atoms with Crippen LogP contribution in [0.2, 0.25) is 5.02 Å². The molecule has 3 rings (SSSR count). The third-order valence-electron chi connectivity index (χ3n) is 8.25. The second-order valence-electron chi connectivity index (χ2n) is 12.4. The third-order valence-corrected chi connectivity index (χ3v) is 9.76. The van der Waals surface area contributed by atoms with Gasteiger partial charge >= 0.3 is 11.8 Å². The lowest BCUT2D eigenvalue weighted by atomic mass is 9.94. The molecular weight excluding hydrogens is 750 g/mol. The van der Waals surface area contributed by atoms with E-state index in [2.05, 4.69) is 10.6 Å². The van der Waals surface area contributed by atoms with E-state index in [1.54, 1.807) is 0 Å². The average Bonchev–Trinajstić information content (AvgIpc) is 3.12. The number of hydrogen-bond acceptors (Lipinski definition) is 9. The summed E-state index contributed by atoms with van der Waals surface area (Å²) < 4.78 is 82.4. The number of ketones is 1. The van der Waals surface area contributed by atoms with Gasteiger partial charge in [-0.2, -0.15) is 17.6 Å². The molecule has 0 bridgehead atoms. The highest BCUT2D eigenvalue weighted by atomic mass is 35.5. The minimum atomic E-state index is -4.58. The zero-order chi connectivity index (χ0) is 39.5. The minimum absolute atomic E-state index is 0.0457. The average molecular weight is 792 g/mol. The number of ether oxygens (including phenoxy) is 2. The van der Waals surface area contributed by atoms with Crippen molar-refractivity contribution < 1.29 is 55.2 Å². The van der Waals surface area contributed by atoms with Crippen LogP contribution in [0.25, 0.3) is 0 Å². The summed E-state index contributed by atoms with van der Waals surface area (Å²) in [7, 11) is 1.53. The van der Waals surface area contributed by atoms with E-state index in [9.17, 15) is 28.2 Å². The largest absolute Gasteiger partial charge is 0.497 e. The van der Waals surface area contributed by atoms with Crippen molar-refractivity contribution in [3.8, 4) is 5.75 Å². The van der Waals surface area contributed by atoms with Gasteiger partial charge in [-0.15, -0.1) is 0 Å². The first-order valence-electron chi connectivity index (χ1n) is 16.4. The zero-order valence-corrected chi connectivity index (χ0v) is 31.0. The number of rotatable bonds is 18. The van der Waals surface area contributed by atoms with E-state index in [0.717, 1.165) is 19.2 Å². The molecule has 4 amide bonds. The molecule has 1 unspecified atom stereocenters. The molecule has 2 aromatic rings. The monoisotopic (exact) mass is 791 g/mol. The maximum atomic E-state index is 15.3. The highest BCUT2D eigenvalue weighted by Crippen LogP contribution is 2.30. The van der Waals surface area contributed by atoms with Crippen molar-refractivity contribution in [1.29, 1.82) is 0 Å². The predicted octanol–water partition coefficient (Wildman–Crippen LogP) is 1.95. The van der Waals surface area contributed by atoms with Crippen LogP contribution in [0.1, 0.15) is 31.0 Å². The number of alkyl halides is 4. The van der Waals surface area contributed by atoms with Crippen molar-refractivity contribution in [3.63, 3.8) is 0 Å². The molecule has 0 aliphatic carbocycles. The molecule has 2 aromatic carbocycles. The molecule has 0 radical (unpaired) electrons. The van der Waals surface area contributed by atoms with Crippen molar-refractivity contribution in [3.05, 3.63) is 64.7 Å². The summed E-state index contributed by atoms with van der Waals surface area (Å²) in [5, 5.41) is 8.39. The fourth-order valence-corrected chi connectivity index (χ4v) is 6.49. The Balaban J connectivity index is 1.81. The van der Waals surface area contributed by atoms with Gasteiger partial charge in [0.05, 0.1) is 19.8 Å². The number of benzene rings is 2. The van der Waals surface area contributed by atoms with Gasteiger partial charge in [0.15, 0.2) is 0 Å². The molecule has 0 saturated carbocycles. The topological polar surface area (TPSA) is 172 Å². The summed E-state index contributed by atoms with van der Waals surface area (Å²) in [6.07, 6.45) is 0. The number of nitrogens with one attached hydrogen (secondary N) is 4. The SMILES string of the molecule is COC[C@H](NC(=O)C(F)(F)c1cccc(Cl)c1)C(=O)NC(C(=O)N[C@H](C(=O)C(F)(F)C(=O)NCCN1CCS(=O)CC1)C(C)C)c1ccc(OC)cc1. The van der Waals surface area contributed by atoms with Crippen LogP contribution < -0.4 is 26.0 Å². The fourth-order valence-electron chi connectivity index (χ4n) is 5.17. The second-order valence-corrected chi connectivity index (χ2v) is 14.5. The first kappa shape index (κ1) is 43.3. The van der Waals surface area contributed by atoms with Crippen molar-refractivity contribution in [2.75, 3.05) is 58.5 Å². The fraction of sp³-hybridized carbons (Fsp3) is 0.500. The summed E-state index contributed by atoms with van der Waals surface area (Å²) in [4.78, 5) is 67.6. The summed E-state index contributed by atoms with van der Waals surface area (Å²) in [5.41, 5.74) is -0.713. The molecule has 1 fully saturated rings. The normalized spacial score (nSPS) is 15.9. The van der Waals surface area contributed by atoms with Crippen LogP contribution in [-0.2, 0) is 45.4 Å². The Morgan fingerprint density at radius 2 is 1.55 bits per heavy atom. The number of Topliss-reactive ketones (excluding diaryl/α,β-unsaturated/α-hetero) is 1. The first-order valence-corrected chi connectivity index (χ1v) is 18.2. The number of halogens is 5. The Morgan fingerprint density at radius 3 is 2.11 bits per heavy atom. The van der Waals surface area contributed by atoms with E-state index in [0.29, 0.717) is 30.3 Å². The third kappa shape index (κ3) is 11.7. The number of amides is 4. The Bertz CT molecular complexity index is 1640. The minimum Gasteiger partial charge on any atom is -0.497 e. The molecule has 1 heterocycles. The highest BCUT2D eigenvalue weighted by molar-refractivity contribution is 7.85. The van der Waals surface area contributed by atoms with Crippen LogP contribution in [0.4, 0.5) is 17.6 Å². The van der Waals surface area contributed by atoms with Gasteiger partial charge in [0.25, 0.3) is 11.8 Å². The molecule has 53 heavy (non-hydrogen) atoms. The summed E-state index contributed by atoms with van der Waals surface area (Å²) >= 11 is 5.80. The lowest BCUT2D eigenvalue weighted by Crippen LogP contribution is -2.59. The Kier molecular flexibility index (Phi) is 15.7. The van der Waals surface area contributed by atoms with Crippen LogP contribution in [0.3, 0.4) is 0 Å². The van der Waals surface area contributed by atoms with Crippen LogP contribution in [0, 0.1) is 5.92 Å². The lowest BCUT2D eigenvalue weighted by molar-refractivity contribution is -0.161. The van der Waals surface area contributed by atoms with Crippen molar-refractivity contribution in [2.24, 2.45) is 5.92 Å². The first-order chi connectivity index (χ1) is 24.9. The molecule has 19 heteroatoms. The molecule has 1 aliphatic rings. The zero-order valence-electron chi connectivity index (χ0n) is 29.4. The van der Waals surface area contributed by atoms with Crippen molar-refractivity contribution >= 4 is 51.8 Å². The molecule has 1 saturated heterocycles. The van der Waals surface area contributed by atoms with Crippen LogP contribution in [0.15, 0.2) is 48.5 Å². The molecule has 3 atom stereocenters. The Hall–Kier alpha value is -4.13.